The lowest BCUT2D eigenvalue weighted by molar-refractivity contribution is 0.292. The molecular formula is C17H36BrN. The second-order valence-electron chi connectivity index (χ2n) is 3.95. The maximum atomic E-state index is 3.43. The van der Waals surface area contributed by atoms with Gasteiger partial charge in [-0.15, -0.1) is 0 Å². The topological polar surface area (TPSA) is 3.24 Å². The zero-order valence-corrected chi connectivity index (χ0v) is 16.1. The fraction of sp³-hybridized carbons (Fsp3) is 0.765. The minimum Gasteiger partial charge on any atom is -0.303 e. The van der Waals surface area contributed by atoms with Crippen LogP contribution >= 0.6 is 15.9 Å². The molecule has 19 heavy (non-hydrogen) atoms. The third kappa shape index (κ3) is 20.4. The first-order valence-corrected chi connectivity index (χ1v) is 8.61. The second kappa shape index (κ2) is 20.2. The molecule has 0 spiro atoms. The van der Waals surface area contributed by atoms with Crippen LogP contribution in [-0.4, -0.2) is 24.5 Å². The molecule has 0 saturated heterocycles. The van der Waals surface area contributed by atoms with Crippen molar-refractivity contribution in [2.24, 2.45) is 0 Å². The Labute approximate surface area is 131 Å². The molecule has 2 heteroatoms. The monoisotopic (exact) mass is 333 g/mol. The molecule has 0 aliphatic rings. The number of rotatable bonds is 7. The molecule has 0 bridgehead atoms. The first-order chi connectivity index (χ1) is 9.10. The molecule has 0 amide bonds. The molecular weight excluding hydrogens is 298 g/mol. The van der Waals surface area contributed by atoms with Gasteiger partial charge in [0.2, 0.25) is 0 Å². The number of halogens is 1. The lowest BCUT2D eigenvalue weighted by Gasteiger charge is -2.19. The molecule has 0 aromatic rings. The molecule has 0 N–H and O–H groups in total. The fourth-order valence-corrected chi connectivity index (χ4v) is 1.55. The number of allylic oxidation sites excluding steroid dienone is 3. The molecule has 0 unspecified atom stereocenters. The van der Waals surface area contributed by atoms with Gasteiger partial charge in [-0.25, -0.2) is 0 Å². The molecule has 0 aliphatic heterocycles. The highest BCUT2D eigenvalue weighted by Crippen LogP contribution is 2.07. The van der Waals surface area contributed by atoms with E-state index in [0.29, 0.717) is 0 Å². The summed E-state index contributed by atoms with van der Waals surface area (Å²) in [6.07, 6.45) is 6.73. The van der Waals surface area contributed by atoms with Gasteiger partial charge in [0.1, 0.15) is 0 Å². The fourth-order valence-electron chi connectivity index (χ4n) is 1.42. The summed E-state index contributed by atoms with van der Waals surface area (Å²) in [5.74, 6) is 0. The Morgan fingerprint density at radius 1 is 0.947 bits per heavy atom. The van der Waals surface area contributed by atoms with Crippen LogP contribution in [0.15, 0.2) is 22.2 Å². The van der Waals surface area contributed by atoms with E-state index in [-0.39, 0.29) is 0 Å². The highest BCUT2D eigenvalue weighted by atomic mass is 79.9. The zero-order valence-electron chi connectivity index (χ0n) is 14.5. The SMILES string of the molecule is CC.CC.CCCN(CC)CC/C(C)=C/C=C(\C)Br. The van der Waals surface area contributed by atoms with Crippen LogP contribution in [-0.2, 0) is 0 Å². The van der Waals surface area contributed by atoms with Crippen LogP contribution in [0.2, 0.25) is 0 Å². The minimum atomic E-state index is 1.16. The van der Waals surface area contributed by atoms with E-state index in [2.05, 4.69) is 60.7 Å². The Bertz CT molecular complexity index is 215. The van der Waals surface area contributed by atoms with Gasteiger partial charge in [0, 0.05) is 6.54 Å². The van der Waals surface area contributed by atoms with Gasteiger partial charge in [0.15, 0.2) is 0 Å². The molecule has 0 atom stereocenters. The van der Waals surface area contributed by atoms with E-state index in [1.165, 1.54) is 36.0 Å². The second-order valence-corrected chi connectivity index (χ2v) is 5.20. The Hall–Kier alpha value is -0.0800. The van der Waals surface area contributed by atoms with Crippen molar-refractivity contribution in [3.8, 4) is 0 Å². The lowest BCUT2D eigenvalue weighted by atomic mass is 10.2. The van der Waals surface area contributed by atoms with E-state index < -0.39 is 0 Å². The molecule has 1 nitrogen and oxygen atoms in total. The van der Waals surface area contributed by atoms with Crippen LogP contribution in [0, 0.1) is 0 Å². The maximum absolute atomic E-state index is 3.43. The van der Waals surface area contributed by atoms with Crippen molar-refractivity contribution in [2.45, 2.75) is 68.2 Å². The van der Waals surface area contributed by atoms with E-state index in [1.807, 2.05) is 27.7 Å². The van der Waals surface area contributed by atoms with E-state index in [1.54, 1.807) is 0 Å². The summed E-state index contributed by atoms with van der Waals surface area (Å²) in [5.41, 5.74) is 1.45. The highest BCUT2D eigenvalue weighted by molar-refractivity contribution is 9.11. The van der Waals surface area contributed by atoms with Crippen LogP contribution in [0.25, 0.3) is 0 Å². The Morgan fingerprint density at radius 2 is 1.47 bits per heavy atom. The molecule has 0 saturated carbocycles. The first-order valence-electron chi connectivity index (χ1n) is 7.82. The normalized spacial score (nSPS) is 11.5. The summed E-state index contributed by atoms with van der Waals surface area (Å²) in [6.45, 7) is 20.3. The molecule has 0 aliphatic carbocycles. The largest absolute Gasteiger partial charge is 0.303 e. The molecule has 0 aromatic carbocycles. The van der Waals surface area contributed by atoms with Gasteiger partial charge >= 0.3 is 0 Å². The predicted octanol–water partition coefficient (Wildman–Crippen LogP) is 6.41. The lowest BCUT2D eigenvalue weighted by Crippen LogP contribution is -2.25. The number of nitrogens with zero attached hydrogens (tertiary/aromatic N) is 1. The number of hydrogen-bond donors (Lipinski definition) is 0. The van der Waals surface area contributed by atoms with Crippen molar-refractivity contribution in [3.05, 3.63) is 22.2 Å². The van der Waals surface area contributed by atoms with Crippen LogP contribution in [0.5, 0.6) is 0 Å². The molecule has 0 radical (unpaired) electrons. The smallest absolute Gasteiger partial charge is 0.00185 e. The van der Waals surface area contributed by atoms with Crippen molar-refractivity contribution in [3.63, 3.8) is 0 Å². The minimum absolute atomic E-state index is 1.16. The molecule has 116 valence electrons. The van der Waals surface area contributed by atoms with Crippen molar-refractivity contribution < 1.29 is 0 Å². The highest BCUT2D eigenvalue weighted by Gasteiger charge is 1.99. The third-order valence-electron chi connectivity index (χ3n) is 2.41. The van der Waals surface area contributed by atoms with Crippen LogP contribution in [0.3, 0.4) is 0 Å². The van der Waals surface area contributed by atoms with Crippen molar-refractivity contribution in [2.75, 3.05) is 19.6 Å². The molecule has 0 heterocycles. The van der Waals surface area contributed by atoms with E-state index >= 15 is 0 Å². The van der Waals surface area contributed by atoms with E-state index in [9.17, 15) is 0 Å². The summed E-state index contributed by atoms with van der Waals surface area (Å²) < 4.78 is 1.18. The van der Waals surface area contributed by atoms with Gasteiger partial charge in [0.25, 0.3) is 0 Å². The van der Waals surface area contributed by atoms with Crippen molar-refractivity contribution in [1.82, 2.24) is 4.90 Å². The zero-order chi connectivity index (χ0) is 15.7. The van der Waals surface area contributed by atoms with Gasteiger partial charge in [0.05, 0.1) is 0 Å². The Balaban J connectivity index is -0.000000579. The predicted molar refractivity (Wildman–Crippen MR) is 96.2 cm³/mol. The molecule has 0 aromatic heterocycles. The average molecular weight is 334 g/mol. The van der Waals surface area contributed by atoms with Gasteiger partial charge in [-0.3, -0.25) is 0 Å². The van der Waals surface area contributed by atoms with Crippen molar-refractivity contribution >= 4 is 15.9 Å². The first kappa shape index (κ1) is 24.0. The number of hydrogen-bond acceptors (Lipinski definition) is 1. The molecule has 0 fully saturated rings. The maximum Gasteiger partial charge on any atom is 0.00185 e. The quantitative estimate of drug-likeness (QED) is 0.487. The van der Waals surface area contributed by atoms with Crippen LogP contribution in [0.4, 0.5) is 0 Å². The van der Waals surface area contributed by atoms with Gasteiger partial charge in [-0.1, -0.05) is 75.2 Å². The summed E-state index contributed by atoms with van der Waals surface area (Å²) in [6, 6.07) is 0. The van der Waals surface area contributed by atoms with Gasteiger partial charge in [-0.2, -0.15) is 0 Å². The van der Waals surface area contributed by atoms with E-state index in [0.717, 1.165) is 6.54 Å². The third-order valence-corrected chi connectivity index (χ3v) is 2.67. The van der Waals surface area contributed by atoms with Crippen LogP contribution in [0.1, 0.15) is 68.2 Å². The Kier molecular flexibility index (Phi) is 25.5. The summed E-state index contributed by atoms with van der Waals surface area (Å²) in [4.78, 5) is 2.50. The summed E-state index contributed by atoms with van der Waals surface area (Å²) in [5, 5.41) is 0. The standard InChI is InChI=1S/C13H24BrN.2C2H6/c1-5-10-15(6-2)11-9-12(3)7-8-13(4)14;2*1-2/h7-8H,5-6,9-11H2,1-4H3;2*1-2H3/b12-7+,13-8+;;. The summed E-state index contributed by atoms with van der Waals surface area (Å²) in [7, 11) is 0. The van der Waals surface area contributed by atoms with Gasteiger partial charge in [-0.05, 0) is 44.3 Å². The average Bonchev–Trinajstić information content (AvgIpc) is 2.45. The summed E-state index contributed by atoms with van der Waals surface area (Å²) >= 11 is 3.43. The van der Waals surface area contributed by atoms with E-state index in [4.69, 9.17) is 0 Å². The molecule has 0 rings (SSSR count). The van der Waals surface area contributed by atoms with Gasteiger partial charge < -0.3 is 4.90 Å². The Morgan fingerprint density at radius 3 is 1.84 bits per heavy atom. The van der Waals surface area contributed by atoms with Crippen molar-refractivity contribution in [1.29, 1.82) is 0 Å². The van der Waals surface area contributed by atoms with Crippen LogP contribution < -0.4 is 0 Å².